The molecule has 1 fully saturated rings. The quantitative estimate of drug-likeness (QED) is 0.856. The molecule has 25 heavy (non-hydrogen) atoms. The number of halogens is 1. The Hall–Kier alpha value is -2.47. The summed E-state index contributed by atoms with van der Waals surface area (Å²) in [7, 11) is 0. The molecule has 0 radical (unpaired) electrons. The molecule has 3 heterocycles. The highest BCUT2D eigenvalue weighted by molar-refractivity contribution is 6.29. The van der Waals surface area contributed by atoms with Gasteiger partial charge in [0.1, 0.15) is 11.0 Å². The van der Waals surface area contributed by atoms with Gasteiger partial charge in [0.15, 0.2) is 0 Å². The minimum absolute atomic E-state index is 0.0448. The zero-order chi connectivity index (χ0) is 17.8. The predicted octanol–water partition coefficient (Wildman–Crippen LogP) is 2.93. The van der Waals surface area contributed by atoms with Crippen molar-refractivity contribution >= 4 is 29.2 Å². The van der Waals surface area contributed by atoms with Gasteiger partial charge in [-0.3, -0.25) is 9.59 Å². The molecule has 130 valence electrons. The number of likely N-dealkylation sites (tertiary alicyclic amines) is 1. The number of hydrogen-bond donors (Lipinski definition) is 1. The minimum Gasteiger partial charge on any atom is -0.339 e. The van der Waals surface area contributed by atoms with E-state index in [0.29, 0.717) is 42.5 Å². The number of hydrogen-bond acceptors (Lipinski definition) is 4. The molecule has 7 heteroatoms. The molecule has 0 bridgehead atoms. The molecule has 3 rings (SSSR count). The van der Waals surface area contributed by atoms with Gasteiger partial charge in [-0.2, -0.15) is 0 Å². The molecule has 2 amide bonds. The first kappa shape index (κ1) is 17.4. The van der Waals surface area contributed by atoms with Crippen LogP contribution >= 0.6 is 11.6 Å². The molecular formula is C18H19ClN4O2. The van der Waals surface area contributed by atoms with Crippen LogP contribution in [0.3, 0.4) is 0 Å². The molecule has 1 saturated heterocycles. The van der Waals surface area contributed by atoms with Crippen molar-refractivity contribution in [3.63, 3.8) is 0 Å². The monoisotopic (exact) mass is 358 g/mol. The number of rotatable bonds is 3. The fourth-order valence-electron chi connectivity index (χ4n) is 2.80. The third-order valence-electron chi connectivity index (χ3n) is 4.29. The van der Waals surface area contributed by atoms with E-state index in [9.17, 15) is 9.59 Å². The molecule has 2 aromatic heterocycles. The maximum absolute atomic E-state index is 12.4. The summed E-state index contributed by atoms with van der Waals surface area (Å²) in [5.41, 5.74) is 1.55. The summed E-state index contributed by atoms with van der Waals surface area (Å²) in [5.74, 6) is 0.316. The van der Waals surface area contributed by atoms with Gasteiger partial charge < -0.3 is 10.2 Å². The van der Waals surface area contributed by atoms with Crippen LogP contribution in [-0.2, 0) is 4.79 Å². The Kier molecular flexibility index (Phi) is 5.28. The van der Waals surface area contributed by atoms with E-state index in [4.69, 9.17) is 11.6 Å². The first-order valence-corrected chi connectivity index (χ1v) is 8.55. The summed E-state index contributed by atoms with van der Waals surface area (Å²) in [6.45, 7) is 3.03. The molecule has 1 N–H and O–H groups in total. The maximum Gasteiger partial charge on any atom is 0.255 e. The highest BCUT2D eigenvalue weighted by atomic mass is 35.5. The van der Waals surface area contributed by atoms with Gasteiger partial charge in [-0.05, 0) is 43.5 Å². The van der Waals surface area contributed by atoms with E-state index in [-0.39, 0.29) is 17.7 Å². The molecule has 0 spiro atoms. The van der Waals surface area contributed by atoms with Crippen molar-refractivity contribution < 1.29 is 9.59 Å². The van der Waals surface area contributed by atoms with Crippen LogP contribution in [0.1, 0.15) is 28.8 Å². The zero-order valence-corrected chi connectivity index (χ0v) is 14.7. The van der Waals surface area contributed by atoms with Crippen LogP contribution in [-0.4, -0.2) is 39.8 Å². The number of aryl methyl sites for hydroxylation is 1. The normalized spacial score (nSPS) is 15.0. The molecule has 1 aliphatic rings. The third kappa shape index (κ3) is 4.33. The number of carbonyl (C=O) groups is 2. The Bertz CT molecular complexity index is 754. The lowest BCUT2D eigenvalue weighted by atomic mass is 9.95. The summed E-state index contributed by atoms with van der Waals surface area (Å²) in [6.07, 6.45) is 4.46. The van der Waals surface area contributed by atoms with Crippen LogP contribution in [0, 0.1) is 12.8 Å². The van der Waals surface area contributed by atoms with Crippen molar-refractivity contribution in [3.05, 3.63) is 52.9 Å². The summed E-state index contributed by atoms with van der Waals surface area (Å²) in [4.78, 5) is 34.7. The maximum atomic E-state index is 12.4. The van der Waals surface area contributed by atoms with Crippen LogP contribution in [0.15, 0.2) is 36.7 Å². The number of anilines is 1. The molecule has 1 aliphatic heterocycles. The number of pyridine rings is 2. The zero-order valence-electron chi connectivity index (χ0n) is 13.9. The van der Waals surface area contributed by atoms with Gasteiger partial charge in [0.2, 0.25) is 5.91 Å². The average molecular weight is 359 g/mol. The largest absolute Gasteiger partial charge is 0.339 e. The van der Waals surface area contributed by atoms with Crippen molar-refractivity contribution in [2.24, 2.45) is 5.92 Å². The van der Waals surface area contributed by atoms with Gasteiger partial charge in [-0.15, -0.1) is 0 Å². The van der Waals surface area contributed by atoms with Gasteiger partial charge in [-0.1, -0.05) is 17.7 Å². The van der Waals surface area contributed by atoms with Crippen molar-refractivity contribution in [3.8, 4) is 0 Å². The van der Waals surface area contributed by atoms with E-state index >= 15 is 0 Å². The number of piperidine rings is 1. The fourth-order valence-corrected chi connectivity index (χ4v) is 2.91. The Morgan fingerprint density at radius 1 is 1.12 bits per heavy atom. The van der Waals surface area contributed by atoms with E-state index in [1.165, 1.54) is 6.20 Å². The second kappa shape index (κ2) is 7.61. The Balaban J connectivity index is 1.54. The Labute approximate surface area is 151 Å². The first-order valence-electron chi connectivity index (χ1n) is 8.17. The van der Waals surface area contributed by atoms with Gasteiger partial charge in [-0.25, -0.2) is 9.97 Å². The van der Waals surface area contributed by atoms with Crippen molar-refractivity contribution in [1.82, 2.24) is 14.9 Å². The van der Waals surface area contributed by atoms with Gasteiger partial charge in [0.25, 0.3) is 5.91 Å². The molecule has 0 aliphatic carbocycles. The van der Waals surface area contributed by atoms with E-state index in [1.807, 2.05) is 13.0 Å². The summed E-state index contributed by atoms with van der Waals surface area (Å²) in [6, 6.07) is 6.96. The predicted molar refractivity (Wildman–Crippen MR) is 95.5 cm³/mol. The second-order valence-electron chi connectivity index (χ2n) is 6.15. The smallest absolute Gasteiger partial charge is 0.255 e. The summed E-state index contributed by atoms with van der Waals surface area (Å²) < 4.78 is 0. The van der Waals surface area contributed by atoms with Crippen LogP contribution in [0.5, 0.6) is 0 Å². The van der Waals surface area contributed by atoms with Crippen LogP contribution in [0.2, 0.25) is 5.15 Å². The Morgan fingerprint density at radius 2 is 1.88 bits per heavy atom. The lowest BCUT2D eigenvalue weighted by Crippen LogP contribution is -2.41. The molecule has 0 aromatic carbocycles. The van der Waals surface area contributed by atoms with Crippen molar-refractivity contribution in [1.29, 1.82) is 0 Å². The topological polar surface area (TPSA) is 75.2 Å². The van der Waals surface area contributed by atoms with Crippen molar-refractivity contribution in [2.75, 3.05) is 18.4 Å². The molecule has 6 nitrogen and oxygen atoms in total. The number of nitrogens with zero attached hydrogens (tertiary/aromatic N) is 3. The van der Waals surface area contributed by atoms with Crippen LogP contribution in [0.4, 0.5) is 5.82 Å². The average Bonchev–Trinajstić information content (AvgIpc) is 2.64. The fraction of sp³-hybridized carbons (Fsp3) is 0.333. The molecule has 2 aromatic rings. The van der Waals surface area contributed by atoms with E-state index in [2.05, 4.69) is 15.3 Å². The number of aromatic nitrogens is 2. The lowest BCUT2D eigenvalue weighted by molar-refractivity contribution is -0.121. The summed E-state index contributed by atoms with van der Waals surface area (Å²) >= 11 is 5.75. The molecule has 0 unspecified atom stereocenters. The number of amides is 2. The van der Waals surface area contributed by atoms with Gasteiger partial charge >= 0.3 is 0 Å². The highest BCUT2D eigenvalue weighted by Crippen LogP contribution is 2.21. The second-order valence-corrected chi connectivity index (χ2v) is 6.53. The Morgan fingerprint density at radius 3 is 2.48 bits per heavy atom. The third-order valence-corrected chi connectivity index (χ3v) is 4.51. The van der Waals surface area contributed by atoms with Gasteiger partial charge in [0.05, 0.1) is 5.56 Å². The van der Waals surface area contributed by atoms with E-state index < -0.39 is 0 Å². The molecule has 0 atom stereocenters. The summed E-state index contributed by atoms with van der Waals surface area (Å²) in [5, 5.41) is 3.20. The first-order chi connectivity index (χ1) is 12.0. The van der Waals surface area contributed by atoms with Crippen LogP contribution in [0.25, 0.3) is 0 Å². The highest BCUT2D eigenvalue weighted by Gasteiger charge is 2.28. The lowest BCUT2D eigenvalue weighted by Gasteiger charge is -2.31. The van der Waals surface area contributed by atoms with Crippen molar-refractivity contribution in [2.45, 2.75) is 19.8 Å². The van der Waals surface area contributed by atoms with E-state index in [1.54, 1.807) is 29.3 Å². The van der Waals surface area contributed by atoms with Crippen LogP contribution < -0.4 is 5.32 Å². The number of carbonyl (C=O) groups excluding carboxylic acids is 2. The SMILES string of the molecule is Cc1ccc(NC(=O)C2CCN(C(=O)c3ccc(Cl)nc3)CC2)nc1. The van der Waals surface area contributed by atoms with Gasteiger partial charge in [0, 0.05) is 31.4 Å². The number of nitrogens with one attached hydrogen (secondary N) is 1. The molecular weight excluding hydrogens is 340 g/mol. The standard InChI is InChI=1S/C18H19ClN4O2/c1-12-2-5-16(21-10-12)22-17(24)13-6-8-23(9-7-13)18(25)14-3-4-15(19)20-11-14/h2-5,10-11,13H,6-9H2,1H3,(H,21,22,24). The molecule has 0 saturated carbocycles. The minimum atomic E-state index is -0.115. The van der Waals surface area contributed by atoms with E-state index in [0.717, 1.165) is 5.56 Å².